The number of hydrogen-bond acceptors (Lipinski definition) is 4. The number of alkyl halides is 3. The number of benzene rings is 1. The van der Waals surface area contributed by atoms with Crippen LogP contribution in [0, 0.1) is 0 Å². The van der Waals surface area contributed by atoms with Gasteiger partial charge in [-0.2, -0.15) is 13.2 Å². The highest BCUT2D eigenvalue weighted by Crippen LogP contribution is 2.37. The van der Waals surface area contributed by atoms with E-state index in [1.165, 1.54) is 12.1 Å². The maximum absolute atomic E-state index is 13.3. The predicted octanol–water partition coefficient (Wildman–Crippen LogP) is 3.16. The number of nitrogens with zero attached hydrogens (tertiary/aromatic N) is 4. The van der Waals surface area contributed by atoms with Crippen LogP contribution in [0.15, 0.2) is 53.7 Å². The number of hydrogen-bond donors (Lipinski definition) is 2. The van der Waals surface area contributed by atoms with Crippen molar-refractivity contribution in [3.8, 4) is 0 Å². The van der Waals surface area contributed by atoms with Gasteiger partial charge < -0.3 is 15.4 Å². The van der Waals surface area contributed by atoms with E-state index in [0.717, 1.165) is 17.5 Å². The van der Waals surface area contributed by atoms with Gasteiger partial charge in [-0.15, -0.1) is 10.2 Å². The SMILES string of the molecule is CN=C(NCc1nnc2ccccn12)NCC1(c2cccc(C(F)(F)F)c2)CCOCC1. The Bertz CT molecular complexity index is 1090. The lowest BCUT2D eigenvalue weighted by atomic mass is 9.73. The lowest BCUT2D eigenvalue weighted by Gasteiger charge is -2.38. The fraction of sp³-hybridized carbons (Fsp3) is 0.409. The van der Waals surface area contributed by atoms with Crippen molar-refractivity contribution >= 4 is 11.6 Å². The van der Waals surface area contributed by atoms with Gasteiger partial charge in [-0.05, 0) is 36.6 Å². The smallest absolute Gasteiger partial charge is 0.381 e. The number of halogens is 3. The van der Waals surface area contributed by atoms with Gasteiger partial charge in [0.05, 0.1) is 12.1 Å². The molecule has 1 fully saturated rings. The summed E-state index contributed by atoms with van der Waals surface area (Å²) in [6.07, 6.45) is -1.26. The van der Waals surface area contributed by atoms with Crippen molar-refractivity contribution in [2.45, 2.75) is 31.0 Å². The molecule has 4 rings (SSSR count). The van der Waals surface area contributed by atoms with Crippen LogP contribution in [0.4, 0.5) is 13.2 Å². The highest BCUT2D eigenvalue weighted by Gasteiger charge is 2.37. The monoisotopic (exact) mass is 446 g/mol. The van der Waals surface area contributed by atoms with E-state index in [-0.39, 0.29) is 0 Å². The quantitative estimate of drug-likeness (QED) is 0.465. The molecule has 0 saturated carbocycles. The molecule has 170 valence electrons. The number of rotatable bonds is 5. The second kappa shape index (κ2) is 9.15. The van der Waals surface area contributed by atoms with Crippen molar-refractivity contribution in [1.29, 1.82) is 0 Å². The molecule has 2 N–H and O–H groups in total. The average molecular weight is 446 g/mol. The lowest BCUT2D eigenvalue weighted by Crippen LogP contribution is -2.48. The molecule has 2 aromatic heterocycles. The number of nitrogens with one attached hydrogen (secondary N) is 2. The molecule has 0 radical (unpaired) electrons. The Morgan fingerprint density at radius 3 is 2.69 bits per heavy atom. The molecule has 0 spiro atoms. The molecular weight excluding hydrogens is 421 g/mol. The topological polar surface area (TPSA) is 75.8 Å². The summed E-state index contributed by atoms with van der Waals surface area (Å²) in [6.45, 7) is 1.81. The molecular formula is C22H25F3N6O. The van der Waals surface area contributed by atoms with Crippen LogP contribution in [0.3, 0.4) is 0 Å². The zero-order chi connectivity index (χ0) is 22.6. The first-order valence-electron chi connectivity index (χ1n) is 10.4. The van der Waals surface area contributed by atoms with Gasteiger partial charge in [0.15, 0.2) is 17.4 Å². The van der Waals surface area contributed by atoms with Crippen molar-refractivity contribution < 1.29 is 17.9 Å². The van der Waals surface area contributed by atoms with Gasteiger partial charge in [0.1, 0.15) is 0 Å². The minimum absolute atomic E-state index is 0.393. The number of pyridine rings is 1. The van der Waals surface area contributed by atoms with Gasteiger partial charge in [0.25, 0.3) is 0 Å². The maximum atomic E-state index is 13.3. The maximum Gasteiger partial charge on any atom is 0.416 e. The first-order valence-corrected chi connectivity index (χ1v) is 10.4. The van der Waals surface area contributed by atoms with E-state index >= 15 is 0 Å². The molecule has 3 heterocycles. The fourth-order valence-electron chi connectivity index (χ4n) is 4.00. The zero-order valence-corrected chi connectivity index (χ0v) is 17.7. The second-order valence-electron chi connectivity index (χ2n) is 7.80. The van der Waals surface area contributed by atoms with Crippen LogP contribution in [0.1, 0.15) is 29.8 Å². The van der Waals surface area contributed by atoms with E-state index in [1.807, 2.05) is 28.8 Å². The average Bonchev–Trinajstić information content (AvgIpc) is 3.22. The predicted molar refractivity (Wildman–Crippen MR) is 114 cm³/mol. The van der Waals surface area contributed by atoms with Crippen molar-refractivity contribution in [3.63, 3.8) is 0 Å². The zero-order valence-electron chi connectivity index (χ0n) is 17.7. The van der Waals surface area contributed by atoms with Crippen molar-refractivity contribution in [3.05, 3.63) is 65.6 Å². The van der Waals surface area contributed by atoms with Crippen molar-refractivity contribution in [1.82, 2.24) is 25.2 Å². The number of aliphatic imine (C=N–C) groups is 1. The van der Waals surface area contributed by atoms with Gasteiger partial charge in [0.2, 0.25) is 0 Å². The molecule has 7 nitrogen and oxygen atoms in total. The third-order valence-corrected chi connectivity index (χ3v) is 5.87. The first-order chi connectivity index (χ1) is 15.4. The molecule has 1 saturated heterocycles. The first kappa shape index (κ1) is 22.1. The Kier molecular flexibility index (Phi) is 6.31. The summed E-state index contributed by atoms with van der Waals surface area (Å²) in [4.78, 5) is 4.26. The Hall–Kier alpha value is -3.14. The molecule has 1 aliphatic heterocycles. The van der Waals surface area contributed by atoms with E-state index in [0.29, 0.717) is 50.7 Å². The molecule has 10 heteroatoms. The van der Waals surface area contributed by atoms with E-state index in [4.69, 9.17) is 4.74 Å². The Morgan fingerprint density at radius 2 is 1.94 bits per heavy atom. The summed E-state index contributed by atoms with van der Waals surface area (Å²) in [7, 11) is 1.65. The van der Waals surface area contributed by atoms with Gasteiger partial charge >= 0.3 is 6.18 Å². The molecule has 0 unspecified atom stereocenters. The van der Waals surface area contributed by atoms with E-state index in [1.54, 1.807) is 13.1 Å². The summed E-state index contributed by atoms with van der Waals surface area (Å²) < 4.78 is 47.3. The molecule has 0 bridgehead atoms. The van der Waals surface area contributed by atoms with Gasteiger partial charge in [0, 0.05) is 38.4 Å². The molecule has 3 aromatic rings. The van der Waals surface area contributed by atoms with Crippen LogP contribution in [0.2, 0.25) is 0 Å². The van der Waals surface area contributed by atoms with E-state index < -0.39 is 17.2 Å². The fourth-order valence-corrected chi connectivity index (χ4v) is 4.00. The number of fused-ring (bicyclic) bond motifs is 1. The Balaban J connectivity index is 1.48. The van der Waals surface area contributed by atoms with Gasteiger partial charge in [-0.3, -0.25) is 9.39 Å². The van der Waals surface area contributed by atoms with Crippen LogP contribution in [-0.2, 0) is 22.9 Å². The summed E-state index contributed by atoms with van der Waals surface area (Å²) in [5.74, 6) is 1.26. The third-order valence-electron chi connectivity index (χ3n) is 5.87. The second-order valence-corrected chi connectivity index (χ2v) is 7.80. The Labute approximate surface area is 183 Å². The van der Waals surface area contributed by atoms with E-state index in [9.17, 15) is 13.2 Å². The third kappa shape index (κ3) is 4.69. The standard InChI is InChI=1S/C22H25F3N6O/c1-26-20(27-14-19-30-29-18-7-2-3-10-31(18)19)28-15-21(8-11-32-12-9-21)16-5-4-6-17(13-16)22(23,24)25/h2-7,10,13H,8-9,11-12,14-15H2,1H3,(H2,26,27,28). The Morgan fingerprint density at radius 1 is 1.12 bits per heavy atom. The molecule has 1 aliphatic rings. The van der Waals surface area contributed by atoms with Crippen LogP contribution in [0.5, 0.6) is 0 Å². The van der Waals surface area contributed by atoms with Crippen LogP contribution in [0.25, 0.3) is 5.65 Å². The van der Waals surface area contributed by atoms with Crippen LogP contribution in [-0.4, -0.2) is 47.4 Å². The minimum atomic E-state index is -4.38. The van der Waals surface area contributed by atoms with Gasteiger partial charge in [-0.1, -0.05) is 24.3 Å². The summed E-state index contributed by atoms with van der Waals surface area (Å²) in [5.41, 5.74) is 0.278. The molecule has 1 aromatic carbocycles. The highest BCUT2D eigenvalue weighted by atomic mass is 19.4. The highest BCUT2D eigenvalue weighted by molar-refractivity contribution is 5.79. The molecule has 32 heavy (non-hydrogen) atoms. The lowest BCUT2D eigenvalue weighted by molar-refractivity contribution is -0.137. The summed E-state index contributed by atoms with van der Waals surface area (Å²) >= 11 is 0. The van der Waals surface area contributed by atoms with E-state index in [2.05, 4.69) is 25.8 Å². The number of guanidine groups is 1. The number of aromatic nitrogens is 3. The molecule has 0 atom stereocenters. The minimum Gasteiger partial charge on any atom is -0.381 e. The molecule has 0 amide bonds. The van der Waals surface area contributed by atoms with Crippen LogP contribution < -0.4 is 10.6 Å². The number of ether oxygens (including phenoxy) is 1. The summed E-state index contributed by atoms with van der Waals surface area (Å²) in [5, 5.41) is 14.8. The van der Waals surface area contributed by atoms with Crippen molar-refractivity contribution in [2.75, 3.05) is 26.8 Å². The normalized spacial score (nSPS) is 16.8. The van der Waals surface area contributed by atoms with Crippen LogP contribution >= 0.6 is 0 Å². The van der Waals surface area contributed by atoms with Gasteiger partial charge in [-0.25, -0.2) is 0 Å². The molecule has 0 aliphatic carbocycles. The van der Waals surface area contributed by atoms with Crippen molar-refractivity contribution in [2.24, 2.45) is 4.99 Å². The largest absolute Gasteiger partial charge is 0.416 e. The summed E-state index contributed by atoms with van der Waals surface area (Å²) in [6, 6.07) is 11.3.